The maximum Gasteiger partial charge on any atom is 0.315 e. The molecule has 0 bridgehead atoms. The predicted octanol–water partition coefficient (Wildman–Crippen LogP) is 3.23. The summed E-state index contributed by atoms with van der Waals surface area (Å²) in [6.45, 7) is 2.33. The van der Waals surface area contributed by atoms with Crippen molar-refractivity contribution in [3.8, 4) is 0 Å². The molecule has 1 saturated heterocycles. The van der Waals surface area contributed by atoms with Crippen LogP contribution in [-0.4, -0.2) is 33.1 Å². The number of benzene rings is 1. The molecule has 0 saturated carbocycles. The number of fused-ring (bicyclic) bond motifs is 1. The molecule has 0 aliphatic carbocycles. The maximum atomic E-state index is 12.6. The lowest BCUT2D eigenvalue weighted by atomic mass is 9.95. The summed E-state index contributed by atoms with van der Waals surface area (Å²) in [5.41, 5.74) is 0.980. The Balaban J connectivity index is 1.44. The van der Waals surface area contributed by atoms with E-state index in [-0.39, 0.29) is 11.5 Å². The number of hydrogen-bond acceptors (Lipinski definition) is 5. The number of likely N-dealkylation sites (tertiary alicyclic amines) is 1. The Hall–Kier alpha value is -2.61. The molecule has 3 aromatic rings. The van der Waals surface area contributed by atoms with Gasteiger partial charge >= 0.3 is 6.43 Å². The fourth-order valence-corrected chi connectivity index (χ4v) is 3.49. The summed E-state index contributed by atoms with van der Waals surface area (Å²) in [5, 5.41) is 5.34. The van der Waals surface area contributed by atoms with E-state index >= 15 is 0 Å². The van der Waals surface area contributed by atoms with Gasteiger partial charge in [-0.3, -0.25) is 9.69 Å². The van der Waals surface area contributed by atoms with Crippen LogP contribution in [-0.2, 0) is 6.54 Å². The molecular weight excluding hydrogens is 342 g/mol. The van der Waals surface area contributed by atoms with Crippen LogP contribution in [0.2, 0.25) is 0 Å². The number of nitrogens with zero attached hydrogens (tertiary/aromatic N) is 3. The van der Waals surface area contributed by atoms with Gasteiger partial charge in [0.25, 0.3) is 11.4 Å². The van der Waals surface area contributed by atoms with Crippen LogP contribution in [0, 0.1) is 0 Å². The van der Waals surface area contributed by atoms with Gasteiger partial charge in [0.05, 0.1) is 0 Å². The first kappa shape index (κ1) is 16.8. The zero-order valence-corrected chi connectivity index (χ0v) is 14.0. The summed E-state index contributed by atoms with van der Waals surface area (Å²) in [6.07, 6.45) is 0.600. The number of hydrogen-bond donors (Lipinski definition) is 1. The first-order valence-electron chi connectivity index (χ1n) is 8.55. The molecule has 0 spiro atoms. The lowest BCUT2D eigenvalue weighted by Gasteiger charge is -2.30. The Morgan fingerprint density at radius 2 is 1.96 bits per heavy atom. The molecule has 6 nitrogen and oxygen atoms in total. The maximum absolute atomic E-state index is 12.6. The highest BCUT2D eigenvalue weighted by Gasteiger charge is 2.26. The molecule has 0 radical (unpaired) electrons. The average molecular weight is 360 g/mol. The summed E-state index contributed by atoms with van der Waals surface area (Å²) < 4.78 is 29.8. The number of halogens is 2. The molecule has 1 fully saturated rings. The van der Waals surface area contributed by atoms with Crippen LogP contribution in [0.25, 0.3) is 10.8 Å². The molecule has 1 aliphatic rings. The number of H-pyrrole nitrogens is 1. The number of aromatic amines is 1. The third-order valence-corrected chi connectivity index (χ3v) is 4.89. The summed E-state index contributed by atoms with van der Waals surface area (Å²) in [4.78, 5) is 20.8. The molecule has 3 heterocycles. The van der Waals surface area contributed by atoms with Crippen molar-refractivity contribution in [3.05, 3.63) is 58.1 Å². The van der Waals surface area contributed by atoms with Gasteiger partial charge in [0, 0.05) is 24.0 Å². The first-order valence-corrected chi connectivity index (χ1v) is 8.55. The predicted molar refractivity (Wildman–Crippen MR) is 91.1 cm³/mol. The topological polar surface area (TPSA) is 75.0 Å². The fraction of sp³-hybridized carbons (Fsp3) is 0.389. The zero-order valence-electron chi connectivity index (χ0n) is 14.0. The second-order valence-electron chi connectivity index (χ2n) is 6.53. The van der Waals surface area contributed by atoms with Gasteiger partial charge in [-0.05, 0) is 42.9 Å². The highest BCUT2D eigenvalue weighted by atomic mass is 19.3. The fourth-order valence-electron chi connectivity index (χ4n) is 3.49. The van der Waals surface area contributed by atoms with E-state index in [4.69, 9.17) is 0 Å². The van der Waals surface area contributed by atoms with Gasteiger partial charge in [-0.1, -0.05) is 23.4 Å². The van der Waals surface area contributed by atoms with E-state index in [9.17, 15) is 13.6 Å². The van der Waals surface area contributed by atoms with Gasteiger partial charge < -0.3 is 9.51 Å². The molecule has 8 heteroatoms. The van der Waals surface area contributed by atoms with Crippen molar-refractivity contribution >= 4 is 10.8 Å². The molecule has 26 heavy (non-hydrogen) atoms. The number of piperidine rings is 1. The molecule has 1 N–H and O–H groups in total. The van der Waals surface area contributed by atoms with E-state index in [0.717, 1.165) is 43.4 Å². The van der Waals surface area contributed by atoms with Crippen molar-refractivity contribution in [3.63, 3.8) is 0 Å². The van der Waals surface area contributed by atoms with Crippen LogP contribution in [0.5, 0.6) is 0 Å². The number of pyridine rings is 1. The molecular formula is C18H18F2N4O2. The van der Waals surface area contributed by atoms with E-state index in [1.807, 2.05) is 24.3 Å². The van der Waals surface area contributed by atoms with Crippen molar-refractivity contribution in [1.82, 2.24) is 20.0 Å². The SMILES string of the molecule is O=c1[nH]cc(CN2CCC(c3noc(C(F)F)n3)CC2)c2ccccc12. The van der Waals surface area contributed by atoms with Gasteiger partial charge in [-0.15, -0.1) is 0 Å². The smallest absolute Gasteiger partial charge is 0.315 e. The normalized spacial score (nSPS) is 16.6. The van der Waals surface area contributed by atoms with Gasteiger partial charge in [-0.2, -0.15) is 13.8 Å². The van der Waals surface area contributed by atoms with Crippen molar-refractivity contribution in [2.24, 2.45) is 0 Å². The number of alkyl halides is 2. The summed E-state index contributed by atoms with van der Waals surface area (Å²) in [5.74, 6) is -0.202. The van der Waals surface area contributed by atoms with Crippen LogP contribution in [0.1, 0.15) is 42.5 Å². The lowest BCUT2D eigenvalue weighted by molar-refractivity contribution is 0.106. The standard InChI is InChI=1S/C18H18F2N4O2/c19-15(20)18-22-16(23-26-18)11-5-7-24(8-6-11)10-12-9-21-17(25)14-4-2-1-3-13(12)14/h1-4,9,11,15H,5-8,10H2,(H,21,25). The molecule has 0 atom stereocenters. The van der Waals surface area contributed by atoms with Gasteiger partial charge in [0.15, 0.2) is 5.82 Å². The largest absolute Gasteiger partial charge is 0.333 e. The van der Waals surface area contributed by atoms with Crippen molar-refractivity contribution in [2.45, 2.75) is 31.7 Å². The monoisotopic (exact) mass is 360 g/mol. The van der Waals surface area contributed by atoms with Gasteiger partial charge in [-0.25, -0.2) is 0 Å². The molecule has 2 aromatic heterocycles. The Bertz CT molecular complexity index is 961. The average Bonchev–Trinajstić information content (AvgIpc) is 3.15. The molecule has 4 rings (SSSR count). The summed E-state index contributed by atoms with van der Waals surface area (Å²) in [7, 11) is 0. The Morgan fingerprint density at radius 3 is 2.65 bits per heavy atom. The van der Waals surface area contributed by atoms with Crippen molar-refractivity contribution < 1.29 is 13.3 Å². The Morgan fingerprint density at radius 1 is 1.23 bits per heavy atom. The van der Waals surface area contributed by atoms with Gasteiger partial charge in [0.2, 0.25) is 0 Å². The van der Waals surface area contributed by atoms with Crippen molar-refractivity contribution in [1.29, 1.82) is 0 Å². The third-order valence-electron chi connectivity index (χ3n) is 4.89. The molecule has 136 valence electrons. The van der Waals surface area contributed by atoms with Crippen LogP contribution >= 0.6 is 0 Å². The summed E-state index contributed by atoms with van der Waals surface area (Å²) in [6, 6.07) is 7.55. The van der Waals surface area contributed by atoms with Gasteiger partial charge in [0.1, 0.15) is 0 Å². The van der Waals surface area contributed by atoms with Crippen molar-refractivity contribution in [2.75, 3.05) is 13.1 Å². The molecule has 1 aliphatic heterocycles. The zero-order chi connectivity index (χ0) is 18.1. The minimum Gasteiger partial charge on any atom is -0.333 e. The quantitative estimate of drug-likeness (QED) is 0.773. The first-order chi connectivity index (χ1) is 12.6. The number of rotatable bonds is 4. The van der Waals surface area contributed by atoms with Crippen LogP contribution in [0.3, 0.4) is 0 Å². The van der Waals surface area contributed by atoms with E-state index in [1.165, 1.54) is 0 Å². The second-order valence-corrected chi connectivity index (χ2v) is 6.53. The minimum absolute atomic E-state index is 0.0369. The van der Waals surface area contributed by atoms with E-state index in [2.05, 4.69) is 24.5 Å². The molecule has 0 amide bonds. The molecule has 0 unspecified atom stereocenters. The highest BCUT2D eigenvalue weighted by molar-refractivity contribution is 5.84. The Kier molecular flexibility index (Phi) is 4.50. The second kappa shape index (κ2) is 6.95. The number of aromatic nitrogens is 3. The van der Waals surface area contributed by atoms with E-state index in [1.54, 1.807) is 6.20 Å². The minimum atomic E-state index is -2.73. The van der Waals surface area contributed by atoms with Crippen LogP contribution in [0.4, 0.5) is 8.78 Å². The highest BCUT2D eigenvalue weighted by Crippen LogP contribution is 2.29. The van der Waals surface area contributed by atoms with E-state index < -0.39 is 12.3 Å². The van der Waals surface area contributed by atoms with Crippen LogP contribution < -0.4 is 5.56 Å². The molecule has 1 aromatic carbocycles. The van der Waals surface area contributed by atoms with Crippen LogP contribution in [0.15, 0.2) is 39.8 Å². The summed E-state index contributed by atoms with van der Waals surface area (Å²) >= 11 is 0. The number of nitrogens with one attached hydrogen (secondary N) is 1. The third kappa shape index (κ3) is 3.24. The lowest BCUT2D eigenvalue weighted by Crippen LogP contribution is -2.33. The Labute approximate surface area is 147 Å². The van der Waals surface area contributed by atoms with E-state index in [0.29, 0.717) is 11.2 Å².